The molecule has 1 amide bonds. The van der Waals surface area contributed by atoms with Gasteiger partial charge in [-0.05, 0) is 13.8 Å². The predicted octanol–water partition coefficient (Wildman–Crippen LogP) is 0.368. The number of nitrogens with one attached hydrogen (secondary N) is 1. The number of fused-ring (bicyclic) bond motifs is 1. The van der Waals surface area contributed by atoms with Crippen LogP contribution in [0.5, 0.6) is 0 Å². The van der Waals surface area contributed by atoms with E-state index < -0.39 is 5.79 Å². The molecule has 2 heterocycles. The van der Waals surface area contributed by atoms with E-state index in [1.54, 1.807) is 18.8 Å². The van der Waals surface area contributed by atoms with E-state index in [1.807, 2.05) is 13.8 Å². The third-order valence-corrected chi connectivity index (χ3v) is 3.83. The quantitative estimate of drug-likeness (QED) is 0.689. The van der Waals surface area contributed by atoms with Crippen molar-refractivity contribution in [3.63, 3.8) is 0 Å². The predicted molar refractivity (Wildman–Crippen MR) is 54.1 cm³/mol. The number of hydrogen-bond donors (Lipinski definition) is 1. The maximum absolute atomic E-state index is 11.5. The Bertz CT molecular complexity index is 256. The lowest BCUT2D eigenvalue weighted by atomic mass is 10.1. The molecule has 2 aliphatic heterocycles. The normalized spacial score (nSPS) is 39.5. The van der Waals surface area contributed by atoms with Gasteiger partial charge in [0, 0.05) is 12.8 Å². The van der Waals surface area contributed by atoms with E-state index in [2.05, 4.69) is 5.32 Å². The smallest absolute Gasteiger partial charge is 0.235 e. The van der Waals surface area contributed by atoms with Crippen molar-refractivity contribution in [3.05, 3.63) is 0 Å². The summed E-state index contributed by atoms with van der Waals surface area (Å²) in [5.74, 6) is 0.332. The van der Waals surface area contributed by atoms with Crippen molar-refractivity contribution in [2.45, 2.75) is 37.1 Å². The molecule has 0 saturated carbocycles. The van der Waals surface area contributed by atoms with Gasteiger partial charge in [-0.25, -0.2) is 0 Å². The molecule has 2 rings (SSSR count). The minimum Gasteiger partial charge on any atom is -0.358 e. The highest BCUT2D eigenvalue weighted by Crippen LogP contribution is 2.41. The molecule has 3 atom stereocenters. The molecule has 2 fully saturated rings. The van der Waals surface area contributed by atoms with E-state index in [-0.39, 0.29) is 23.4 Å². The number of carbonyl (C=O) groups is 1. The molecular formula is C9H15NO3S. The van der Waals surface area contributed by atoms with Crippen LogP contribution in [0.25, 0.3) is 0 Å². The maximum Gasteiger partial charge on any atom is 0.235 e. The zero-order valence-corrected chi connectivity index (χ0v) is 9.39. The standard InChI is InChI=1S/C9H15NO3S/c1-9(2)12-5-4-14-7(6(5)13-9)8(11)10-3/h5-7H,4H2,1-3H3,(H,10,11)/t5-,6-,7+/m0/s1. The van der Waals surface area contributed by atoms with Crippen LogP contribution in [-0.2, 0) is 14.3 Å². The summed E-state index contributed by atoms with van der Waals surface area (Å²) in [7, 11) is 1.65. The monoisotopic (exact) mass is 217 g/mol. The van der Waals surface area contributed by atoms with Gasteiger partial charge < -0.3 is 14.8 Å². The minimum absolute atomic E-state index is 0.0313. The largest absolute Gasteiger partial charge is 0.358 e. The van der Waals surface area contributed by atoms with Gasteiger partial charge in [0.25, 0.3) is 0 Å². The summed E-state index contributed by atoms with van der Waals surface area (Å²) in [5.41, 5.74) is 0. The first-order chi connectivity index (χ1) is 6.53. The summed E-state index contributed by atoms with van der Waals surface area (Å²) in [6.07, 6.45) is -0.0211. The number of rotatable bonds is 1. The summed E-state index contributed by atoms with van der Waals surface area (Å²) < 4.78 is 11.4. The van der Waals surface area contributed by atoms with Gasteiger partial charge in [0.15, 0.2) is 5.79 Å². The molecule has 14 heavy (non-hydrogen) atoms. The zero-order chi connectivity index (χ0) is 10.3. The van der Waals surface area contributed by atoms with E-state index in [1.165, 1.54) is 0 Å². The molecule has 4 nitrogen and oxygen atoms in total. The molecule has 2 saturated heterocycles. The van der Waals surface area contributed by atoms with Crippen LogP contribution in [0.15, 0.2) is 0 Å². The van der Waals surface area contributed by atoms with Crippen molar-refractivity contribution in [2.24, 2.45) is 0 Å². The third-order valence-electron chi connectivity index (χ3n) is 2.46. The van der Waals surface area contributed by atoms with Gasteiger partial charge in [-0.1, -0.05) is 0 Å². The molecule has 0 aromatic rings. The highest BCUT2D eigenvalue weighted by molar-refractivity contribution is 8.01. The summed E-state index contributed by atoms with van der Waals surface area (Å²) in [5, 5.41) is 2.53. The first kappa shape index (κ1) is 10.3. The Labute approximate surface area is 87.7 Å². The Kier molecular flexibility index (Phi) is 2.49. The first-order valence-electron chi connectivity index (χ1n) is 4.72. The van der Waals surface area contributed by atoms with Crippen LogP contribution in [-0.4, -0.2) is 42.0 Å². The average molecular weight is 217 g/mol. The fourth-order valence-corrected chi connectivity index (χ4v) is 3.25. The zero-order valence-electron chi connectivity index (χ0n) is 8.57. The molecule has 0 spiro atoms. The Morgan fingerprint density at radius 1 is 1.50 bits per heavy atom. The van der Waals surface area contributed by atoms with Crippen molar-refractivity contribution in [1.29, 1.82) is 0 Å². The Hall–Kier alpha value is -0.260. The lowest BCUT2D eigenvalue weighted by Gasteiger charge is -2.20. The van der Waals surface area contributed by atoms with Crippen LogP contribution in [0.1, 0.15) is 13.8 Å². The molecule has 0 aliphatic carbocycles. The van der Waals surface area contributed by atoms with Crippen LogP contribution < -0.4 is 5.32 Å². The van der Waals surface area contributed by atoms with E-state index in [0.717, 1.165) is 5.75 Å². The Morgan fingerprint density at radius 2 is 2.21 bits per heavy atom. The number of carbonyl (C=O) groups excluding carboxylic acids is 1. The lowest BCUT2D eigenvalue weighted by molar-refractivity contribution is -0.147. The summed E-state index contributed by atoms with van der Waals surface area (Å²) in [6, 6.07) is 0. The third kappa shape index (κ3) is 1.64. The second-order valence-corrected chi connectivity index (χ2v) is 5.18. The topological polar surface area (TPSA) is 47.6 Å². The van der Waals surface area contributed by atoms with Crippen LogP contribution in [0.4, 0.5) is 0 Å². The molecule has 0 aromatic heterocycles. The molecule has 0 unspecified atom stereocenters. The highest BCUT2D eigenvalue weighted by atomic mass is 32.2. The van der Waals surface area contributed by atoms with Crippen LogP contribution >= 0.6 is 11.8 Å². The van der Waals surface area contributed by atoms with Gasteiger partial charge in [0.1, 0.15) is 11.4 Å². The van der Waals surface area contributed by atoms with Crippen LogP contribution in [0, 0.1) is 0 Å². The van der Waals surface area contributed by atoms with E-state index in [0.29, 0.717) is 0 Å². The number of amides is 1. The van der Waals surface area contributed by atoms with Gasteiger partial charge in [-0.15, -0.1) is 11.8 Å². The van der Waals surface area contributed by atoms with Crippen molar-refractivity contribution in [3.8, 4) is 0 Å². The van der Waals surface area contributed by atoms with Crippen LogP contribution in [0.3, 0.4) is 0 Å². The number of ether oxygens (including phenoxy) is 2. The lowest BCUT2D eigenvalue weighted by Crippen LogP contribution is -2.39. The number of hydrogen-bond acceptors (Lipinski definition) is 4. The van der Waals surface area contributed by atoms with Crippen molar-refractivity contribution in [2.75, 3.05) is 12.8 Å². The fourth-order valence-electron chi connectivity index (χ4n) is 1.91. The Morgan fingerprint density at radius 3 is 2.86 bits per heavy atom. The van der Waals surface area contributed by atoms with E-state index in [9.17, 15) is 4.79 Å². The van der Waals surface area contributed by atoms with Gasteiger partial charge in [0.2, 0.25) is 5.91 Å². The molecule has 80 valence electrons. The summed E-state index contributed by atoms with van der Waals surface area (Å²) in [4.78, 5) is 11.5. The van der Waals surface area contributed by atoms with Crippen molar-refractivity contribution >= 4 is 17.7 Å². The molecule has 0 bridgehead atoms. The fraction of sp³-hybridized carbons (Fsp3) is 0.889. The van der Waals surface area contributed by atoms with E-state index >= 15 is 0 Å². The minimum atomic E-state index is -0.539. The first-order valence-corrected chi connectivity index (χ1v) is 5.77. The average Bonchev–Trinajstić information content (AvgIpc) is 2.58. The van der Waals surface area contributed by atoms with Crippen LogP contribution in [0.2, 0.25) is 0 Å². The van der Waals surface area contributed by atoms with E-state index in [4.69, 9.17) is 9.47 Å². The van der Waals surface area contributed by atoms with Gasteiger partial charge in [0.05, 0.1) is 6.10 Å². The molecule has 0 aromatic carbocycles. The number of thioether (sulfide) groups is 1. The summed E-state index contributed by atoms with van der Waals surface area (Å²) in [6.45, 7) is 3.77. The van der Waals surface area contributed by atoms with Crippen molar-refractivity contribution in [1.82, 2.24) is 5.32 Å². The molecule has 0 radical (unpaired) electrons. The van der Waals surface area contributed by atoms with Crippen molar-refractivity contribution < 1.29 is 14.3 Å². The van der Waals surface area contributed by atoms with Gasteiger partial charge >= 0.3 is 0 Å². The highest BCUT2D eigenvalue weighted by Gasteiger charge is 2.51. The second kappa shape index (κ2) is 3.40. The Balaban J connectivity index is 2.08. The molecular weight excluding hydrogens is 202 g/mol. The maximum atomic E-state index is 11.5. The van der Waals surface area contributed by atoms with Gasteiger partial charge in [-0.2, -0.15) is 0 Å². The second-order valence-electron chi connectivity index (χ2n) is 4.01. The van der Waals surface area contributed by atoms with Gasteiger partial charge in [-0.3, -0.25) is 4.79 Å². The molecule has 1 N–H and O–H groups in total. The molecule has 5 heteroatoms. The SMILES string of the molecule is CNC(=O)[C@@H]1SC[C@@H]2OC(C)(C)O[C@@H]21. The summed E-state index contributed by atoms with van der Waals surface area (Å²) >= 11 is 1.61. The molecule has 2 aliphatic rings.